The normalized spacial score (nSPS) is 24.8. The van der Waals surface area contributed by atoms with Crippen LogP contribution in [-0.2, 0) is 22.6 Å². The molecule has 0 spiro atoms. The highest BCUT2D eigenvalue weighted by Gasteiger charge is 2.48. The van der Waals surface area contributed by atoms with Crippen LogP contribution in [0.3, 0.4) is 0 Å². The lowest BCUT2D eigenvalue weighted by Crippen LogP contribution is -2.39. The molecule has 0 aromatic carbocycles. The number of amides is 1. The number of aromatic nitrogens is 1. The van der Waals surface area contributed by atoms with Crippen LogP contribution in [0.25, 0.3) is 0 Å². The first kappa shape index (κ1) is 16.2. The third-order valence-corrected chi connectivity index (χ3v) is 4.59. The van der Waals surface area contributed by atoms with Gasteiger partial charge in [0.15, 0.2) is 0 Å². The van der Waals surface area contributed by atoms with Gasteiger partial charge in [-0.3, -0.25) is 9.78 Å². The first-order chi connectivity index (χ1) is 10.9. The van der Waals surface area contributed by atoms with E-state index in [2.05, 4.69) is 10.3 Å². The molecule has 1 N–H and O–H groups in total. The molecule has 2 heterocycles. The second kappa shape index (κ2) is 6.47. The number of hydrogen-bond acceptors (Lipinski definition) is 3. The highest BCUT2D eigenvalue weighted by atomic mass is 19.4. The highest BCUT2D eigenvalue weighted by molar-refractivity contribution is 5.92. The van der Waals surface area contributed by atoms with E-state index in [0.29, 0.717) is 38.2 Å². The van der Waals surface area contributed by atoms with Crippen molar-refractivity contribution in [2.24, 2.45) is 11.8 Å². The van der Waals surface area contributed by atoms with Gasteiger partial charge in [-0.05, 0) is 18.9 Å². The lowest BCUT2D eigenvalue weighted by molar-refractivity contribution is -0.197. The van der Waals surface area contributed by atoms with Crippen LogP contribution in [0.1, 0.15) is 36.9 Å². The van der Waals surface area contributed by atoms with Crippen LogP contribution in [0.4, 0.5) is 18.9 Å². The topological polar surface area (TPSA) is 51.2 Å². The summed E-state index contributed by atoms with van der Waals surface area (Å²) in [5.41, 5.74) is 2.23. The number of carbonyl (C=O) groups is 1. The van der Waals surface area contributed by atoms with Crippen molar-refractivity contribution in [3.63, 3.8) is 0 Å². The molecule has 0 saturated heterocycles. The number of rotatable bonds is 2. The fourth-order valence-electron chi connectivity index (χ4n) is 3.38. The first-order valence-corrected chi connectivity index (χ1v) is 7.88. The van der Waals surface area contributed by atoms with Gasteiger partial charge < -0.3 is 10.1 Å². The summed E-state index contributed by atoms with van der Waals surface area (Å²) in [6.07, 6.45) is -0.637. The minimum Gasteiger partial charge on any atom is -0.376 e. The Kier molecular flexibility index (Phi) is 4.57. The molecule has 1 amide bonds. The van der Waals surface area contributed by atoms with Crippen molar-refractivity contribution in [1.29, 1.82) is 0 Å². The Bertz CT molecular complexity index is 589. The second-order valence-corrected chi connectivity index (χ2v) is 6.16. The van der Waals surface area contributed by atoms with Crippen LogP contribution in [0, 0.1) is 11.8 Å². The Balaban J connectivity index is 1.72. The zero-order chi connectivity index (χ0) is 16.4. The maximum atomic E-state index is 13.1. The van der Waals surface area contributed by atoms with E-state index in [1.807, 2.05) is 0 Å². The van der Waals surface area contributed by atoms with Crippen molar-refractivity contribution < 1.29 is 22.7 Å². The minimum absolute atomic E-state index is 0.0257. The second-order valence-electron chi connectivity index (χ2n) is 6.16. The number of halogens is 3. The summed E-state index contributed by atoms with van der Waals surface area (Å²) < 4.78 is 44.7. The van der Waals surface area contributed by atoms with E-state index in [1.165, 1.54) is 6.20 Å². The van der Waals surface area contributed by atoms with Gasteiger partial charge in [0.1, 0.15) is 0 Å². The summed E-state index contributed by atoms with van der Waals surface area (Å²) in [7, 11) is 0. The van der Waals surface area contributed by atoms with Crippen molar-refractivity contribution in [1.82, 2.24) is 4.98 Å². The molecule has 1 fully saturated rings. The van der Waals surface area contributed by atoms with Gasteiger partial charge in [-0.2, -0.15) is 13.2 Å². The van der Waals surface area contributed by atoms with Crippen LogP contribution >= 0.6 is 0 Å². The van der Waals surface area contributed by atoms with Crippen molar-refractivity contribution in [2.45, 2.75) is 44.9 Å². The van der Waals surface area contributed by atoms with Gasteiger partial charge >= 0.3 is 6.18 Å². The number of pyridine rings is 1. The molecule has 1 aromatic rings. The van der Waals surface area contributed by atoms with Crippen molar-refractivity contribution in [2.75, 3.05) is 11.9 Å². The van der Waals surface area contributed by atoms with E-state index < -0.39 is 23.9 Å². The molecule has 7 heteroatoms. The molecule has 0 bridgehead atoms. The van der Waals surface area contributed by atoms with Crippen molar-refractivity contribution in [3.8, 4) is 0 Å². The molecule has 4 nitrogen and oxygen atoms in total. The van der Waals surface area contributed by atoms with Crippen LogP contribution in [-0.4, -0.2) is 23.7 Å². The molecular weight excluding hydrogens is 309 g/mol. The lowest BCUT2D eigenvalue weighted by atomic mass is 9.78. The van der Waals surface area contributed by atoms with Crippen LogP contribution in [0.2, 0.25) is 0 Å². The molecule has 1 saturated carbocycles. The van der Waals surface area contributed by atoms with E-state index in [-0.39, 0.29) is 12.8 Å². The summed E-state index contributed by atoms with van der Waals surface area (Å²) in [4.78, 5) is 16.6. The molecule has 0 radical (unpaired) electrons. The maximum absolute atomic E-state index is 13.1. The smallest absolute Gasteiger partial charge is 0.376 e. The molecule has 2 aliphatic rings. The molecular formula is C16H19F3N2O2. The number of alkyl halides is 3. The van der Waals surface area contributed by atoms with Crippen molar-refractivity contribution in [3.05, 3.63) is 23.5 Å². The van der Waals surface area contributed by atoms with Gasteiger partial charge in [0.25, 0.3) is 0 Å². The Morgan fingerprint density at radius 1 is 1.30 bits per heavy atom. The summed E-state index contributed by atoms with van der Waals surface area (Å²) in [5.74, 6) is -3.13. The monoisotopic (exact) mass is 328 g/mol. The molecule has 3 rings (SSSR count). The number of anilines is 1. The Morgan fingerprint density at radius 2 is 2.09 bits per heavy atom. The summed E-state index contributed by atoms with van der Waals surface area (Å²) >= 11 is 0. The standard InChI is InChI=1S/C16H19F3N2O2/c17-16(18,19)13-4-2-1-3-12(13)15(22)21-11-7-10-9-23-6-5-14(10)20-8-11/h7-8,12-13H,1-6,9H2,(H,21,22)/t12-,13-/m1/s1. The molecule has 1 aromatic heterocycles. The van der Waals surface area contributed by atoms with Crippen molar-refractivity contribution >= 4 is 11.6 Å². The largest absolute Gasteiger partial charge is 0.392 e. The minimum atomic E-state index is -4.33. The fourth-order valence-corrected chi connectivity index (χ4v) is 3.38. The number of hydrogen-bond donors (Lipinski definition) is 1. The van der Waals surface area contributed by atoms with Gasteiger partial charge in [-0.15, -0.1) is 0 Å². The van der Waals surface area contributed by atoms with E-state index in [9.17, 15) is 18.0 Å². The van der Waals surface area contributed by atoms with Gasteiger partial charge in [-0.25, -0.2) is 0 Å². The first-order valence-electron chi connectivity index (χ1n) is 7.88. The molecule has 1 aliphatic carbocycles. The van der Waals surface area contributed by atoms with Crippen LogP contribution in [0.5, 0.6) is 0 Å². The third-order valence-electron chi connectivity index (χ3n) is 4.59. The van der Waals surface area contributed by atoms with Crippen LogP contribution < -0.4 is 5.32 Å². The maximum Gasteiger partial charge on any atom is 0.392 e. The predicted molar refractivity (Wildman–Crippen MR) is 77.7 cm³/mol. The quantitative estimate of drug-likeness (QED) is 0.904. The summed E-state index contributed by atoms with van der Waals surface area (Å²) in [6.45, 7) is 1.03. The average molecular weight is 328 g/mol. The van der Waals surface area contributed by atoms with E-state index in [4.69, 9.17) is 4.74 Å². The summed E-state index contributed by atoms with van der Waals surface area (Å²) in [6, 6.07) is 1.74. The Labute approximate surface area is 132 Å². The number of nitrogens with zero attached hydrogens (tertiary/aromatic N) is 1. The molecule has 2 atom stereocenters. The number of nitrogens with one attached hydrogen (secondary N) is 1. The number of fused-ring (bicyclic) bond motifs is 1. The Morgan fingerprint density at radius 3 is 2.87 bits per heavy atom. The molecule has 126 valence electrons. The van der Waals surface area contributed by atoms with Gasteiger partial charge in [0.2, 0.25) is 5.91 Å². The van der Waals surface area contributed by atoms with E-state index in [0.717, 1.165) is 11.3 Å². The molecule has 0 unspecified atom stereocenters. The van der Waals surface area contributed by atoms with E-state index >= 15 is 0 Å². The number of ether oxygens (including phenoxy) is 1. The molecule has 23 heavy (non-hydrogen) atoms. The fraction of sp³-hybridized carbons (Fsp3) is 0.625. The average Bonchev–Trinajstić information content (AvgIpc) is 2.54. The zero-order valence-electron chi connectivity index (χ0n) is 12.7. The zero-order valence-corrected chi connectivity index (χ0v) is 12.7. The van der Waals surface area contributed by atoms with Crippen LogP contribution in [0.15, 0.2) is 12.3 Å². The molecule has 1 aliphatic heterocycles. The third kappa shape index (κ3) is 3.65. The number of carbonyl (C=O) groups excluding carboxylic acids is 1. The highest BCUT2D eigenvalue weighted by Crippen LogP contribution is 2.41. The SMILES string of the molecule is O=C(Nc1cnc2c(c1)COCC2)[C@@H]1CCCC[C@H]1C(F)(F)F. The predicted octanol–water partition coefficient (Wildman–Crippen LogP) is 3.46. The van der Waals surface area contributed by atoms with E-state index in [1.54, 1.807) is 6.07 Å². The van der Waals surface area contributed by atoms with Gasteiger partial charge in [-0.1, -0.05) is 12.8 Å². The lowest BCUT2D eigenvalue weighted by Gasteiger charge is -2.32. The summed E-state index contributed by atoms with van der Waals surface area (Å²) in [5, 5.41) is 2.61. The van der Waals surface area contributed by atoms with Gasteiger partial charge in [0.05, 0.1) is 31.0 Å². The Hall–Kier alpha value is -1.63. The van der Waals surface area contributed by atoms with Gasteiger partial charge in [0, 0.05) is 23.6 Å².